The van der Waals surface area contributed by atoms with E-state index in [1.165, 1.54) is 0 Å². The van der Waals surface area contributed by atoms with Crippen LogP contribution in [0.25, 0.3) is 5.57 Å². The fraction of sp³-hybridized carbons (Fsp3) is 0.250. The number of likely N-dealkylation sites (N-methyl/N-ethyl adjacent to an activating group) is 1. The Hall–Kier alpha value is -1.57. The molecule has 0 aliphatic carbocycles. The Bertz CT molecular complexity index is 367. The van der Waals surface area contributed by atoms with E-state index in [4.69, 9.17) is 0 Å². The van der Waals surface area contributed by atoms with E-state index < -0.39 is 0 Å². The highest BCUT2D eigenvalue weighted by Gasteiger charge is 2.16. The number of rotatable bonds is 1. The van der Waals surface area contributed by atoms with Gasteiger partial charge in [0.1, 0.15) is 0 Å². The zero-order valence-electron chi connectivity index (χ0n) is 8.23. The Kier molecular flexibility index (Phi) is 2.35. The van der Waals surface area contributed by atoms with Crippen molar-refractivity contribution < 1.29 is 4.79 Å². The van der Waals surface area contributed by atoms with Crippen LogP contribution < -0.4 is 0 Å². The van der Waals surface area contributed by atoms with E-state index in [0.717, 1.165) is 17.7 Å². The fourth-order valence-corrected chi connectivity index (χ4v) is 1.59. The van der Waals surface area contributed by atoms with Crippen LogP contribution in [-0.4, -0.2) is 24.4 Å². The maximum absolute atomic E-state index is 11.5. The lowest BCUT2D eigenvalue weighted by molar-refractivity contribution is -0.128. The average Bonchev–Trinajstić information content (AvgIpc) is 2.23. The predicted octanol–water partition coefficient (Wildman–Crippen LogP) is 1.93. The molecule has 1 aliphatic rings. The molecular formula is C12H13NO. The van der Waals surface area contributed by atoms with Crippen molar-refractivity contribution in [2.75, 3.05) is 13.6 Å². The molecule has 0 N–H and O–H groups in total. The van der Waals surface area contributed by atoms with E-state index in [0.29, 0.717) is 6.42 Å². The summed E-state index contributed by atoms with van der Waals surface area (Å²) in [5, 5.41) is 0. The maximum Gasteiger partial charge on any atom is 0.227 e. The molecule has 2 nitrogen and oxygen atoms in total. The van der Waals surface area contributed by atoms with Crippen LogP contribution in [0.1, 0.15) is 12.0 Å². The summed E-state index contributed by atoms with van der Waals surface area (Å²) < 4.78 is 0. The number of benzene rings is 1. The Labute approximate surface area is 83.8 Å². The van der Waals surface area contributed by atoms with Crippen LogP contribution in [0.15, 0.2) is 36.4 Å². The lowest BCUT2D eigenvalue weighted by atomic mass is 9.99. The standard InChI is InChI=1S/C12H13NO/c1-13-8-7-11(9-12(13)14)10-5-3-2-4-6-10/h2-7H,8-9H2,1H3. The lowest BCUT2D eigenvalue weighted by Crippen LogP contribution is -2.30. The number of carbonyl (C=O) groups is 1. The van der Waals surface area contributed by atoms with Crippen LogP contribution in [-0.2, 0) is 4.79 Å². The topological polar surface area (TPSA) is 20.3 Å². The van der Waals surface area contributed by atoms with Crippen molar-refractivity contribution in [3.05, 3.63) is 42.0 Å². The highest BCUT2D eigenvalue weighted by Crippen LogP contribution is 2.21. The molecule has 0 unspecified atom stereocenters. The van der Waals surface area contributed by atoms with Crippen LogP contribution >= 0.6 is 0 Å². The molecule has 0 atom stereocenters. The van der Waals surface area contributed by atoms with Crippen LogP contribution in [0.4, 0.5) is 0 Å². The fourth-order valence-electron chi connectivity index (χ4n) is 1.59. The van der Waals surface area contributed by atoms with E-state index in [2.05, 4.69) is 6.08 Å². The molecule has 2 heteroatoms. The largest absolute Gasteiger partial charge is 0.342 e. The van der Waals surface area contributed by atoms with Gasteiger partial charge in [0.15, 0.2) is 0 Å². The Balaban J connectivity index is 2.25. The van der Waals surface area contributed by atoms with Gasteiger partial charge in [-0.05, 0) is 11.1 Å². The molecule has 1 heterocycles. The molecule has 2 rings (SSSR count). The van der Waals surface area contributed by atoms with Gasteiger partial charge in [0, 0.05) is 13.6 Å². The van der Waals surface area contributed by atoms with Crippen LogP contribution in [0.5, 0.6) is 0 Å². The maximum atomic E-state index is 11.5. The first-order valence-corrected chi connectivity index (χ1v) is 4.76. The Morgan fingerprint density at radius 1 is 1.21 bits per heavy atom. The highest BCUT2D eigenvalue weighted by molar-refractivity contribution is 5.90. The summed E-state index contributed by atoms with van der Waals surface area (Å²) in [5.74, 6) is 0.200. The minimum Gasteiger partial charge on any atom is -0.342 e. The summed E-state index contributed by atoms with van der Waals surface area (Å²) >= 11 is 0. The quantitative estimate of drug-likeness (QED) is 0.658. The van der Waals surface area contributed by atoms with Crippen molar-refractivity contribution in [1.29, 1.82) is 0 Å². The number of hydrogen-bond donors (Lipinski definition) is 0. The SMILES string of the molecule is CN1CC=C(c2ccccc2)CC1=O. The van der Waals surface area contributed by atoms with Gasteiger partial charge in [0.2, 0.25) is 5.91 Å². The van der Waals surface area contributed by atoms with E-state index in [-0.39, 0.29) is 5.91 Å². The van der Waals surface area contributed by atoms with Gasteiger partial charge in [-0.2, -0.15) is 0 Å². The molecule has 1 aromatic rings. The third-order valence-corrected chi connectivity index (χ3v) is 2.52. The summed E-state index contributed by atoms with van der Waals surface area (Å²) in [6.07, 6.45) is 2.65. The monoisotopic (exact) mass is 187 g/mol. The Morgan fingerprint density at radius 2 is 1.93 bits per heavy atom. The third-order valence-electron chi connectivity index (χ3n) is 2.52. The normalized spacial score (nSPS) is 16.8. The summed E-state index contributed by atoms with van der Waals surface area (Å²) in [6.45, 7) is 0.725. The molecule has 0 bridgehead atoms. The zero-order valence-corrected chi connectivity index (χ0v) is 8.23. The second kappa shape index (κ2) is 3.66. The molecule has 0 spiro atoms. The van der Waals surface area contributed by atoms with Gasteiger partial charge in [-0.3, -0.25) is 4.79 Å². The molecule has 14 heavy (non-hydrogen) atoms. The first-order valence-electron chi connectivity index (χ1n) is 4.76. The van der Waals surface area contributed by atoms with E-state index >= 15 is 0 Å². The van der Waals surface area contributed by atoms with Crippen LogP contribution in [0.2, 0.25) is 0 Å². The van der Waals surface area contributed by atoms with Crippen molar-refractivity contribution in [3.63, 3.8) is 0 Å². The van der Waals surface area contributed by atoms with E-state index in [9.17, 15) is 4.79 Å². The smallest absolute Gasteiger partial charge is 0.227 e. The van der Waals surface area contributed by atoms with Gasteiger partial charge in [-0.1, -0.05) is 36.4 Å². The molecular weight excluding hydrogens is 174 g/mol. The minimum absolute atomic E-state index is 0.200. The van der Waals surface area contributed by atoms with E-state index in [1.54, 1.807) is 4.90 Å². The van der Waals surface area contributed by atoms with Gasteiger partial charge >= 0.3 is 0 Å². The van der Waals surface area contributed by atoms with Crippen LogP contribution in [0.3, 0.4) is 0 Å². The zero-order chi connectivity index (χ0) is 9.97. The summed E-state index contributed by atoms with van der Waals surface area (Å²) in [4.78, 5) is 13.2. The molecule has 0 saturated heterocycles. The predicted molar refractivity (Wildman–Crippen MR) is 56.7 cm³/mol. The van der Waals surface area contributed by atoms with Crippen molar-refractivity contribution >= 4 is 11.5 Å². The minimum atomic E-state index is 0.200. The van der Waals surface area contributed by atoms with Crippen LogP contribution in [0, 0.1) is 0 Å². The number of nitrogens with zero attached hydrogens (tertiary/aromatic N) is 1. The molecule has 0 radical (unpaired) electrons. The van der Waals surface area contributed by atoms with Crippen molar-refractivity contribution in [2.24, 2.45) is 0 Å². The highest BCUT2D eigenvalue weighted by atomic mass is 16.2. The van der Waals surface area contributed by atoms with Gasteiger partial charge in [-0.15, -0.1) is 0 Å². The molecule has 0 fully saturated rings. The van der Waals surface area contributed by atoms with E-state index in [1.807, 2.05) is 37.4 Å². The summed E-state index contributed by atoms with van der Waals surface area (Å²) in [6, 6.07) is 10.1. The molecule has 1 amide bonds. The third kappa shape index (κ3) is 1.69. The summed E-state index contributed by atoms with van der Waals surface area (Å²) in [7, 11) is 1.83. The van der Waals surface area contributed by atoms with Gasteiger partial charge in [0.05, 0.1) is 6.42 Å². The first-order chi connectivity index (χ1) is 6.77. The van der Waals surface area contributed by atoms with Crippen molar-refractivity contribution in [1.82, 2.24) is 4.90 Å². The lowest BCUT2D eigenvalue weighted by Gasteiger charge is -2.22. The van der Waals surface area contributed by atoms with Gasteiger partial charge in [0.25, 0.3) is 0 Å². The molecule has 1 aromatic carbocycles. The molecule has 0 aromatic heterocycles. The average molecular weight is 187 g/mol. The first kappa shape index (κ1) is 9.00. The Morgan fingerprint density at radius 3 is 2.57 bits per heavy atom. The second-order valence-corrected chi connectivity index (χ2v) is 3.55. The molecule has 0 saturated carbocycles. The summed E-state index contributed by atoms with van der Waals surface area (Å²) in [5.41, 5.74) is 2.31. The number of hydrogen-bond acceptors (Lipinski definition) is 1. The number of carbonyl (C=O) groups excluding carboxylic acids is 1. The molecule has 1 aliphatic heterocycles. The second-order valence-electron chi connectivity index (χ2n) is 3.55. The number of amides is 1. The van der Waals surface area contributed by atoms with Crippen molar-refractivity contribution in [3.8, 4) is 0 Å². The molecule has 72 valence electrons. The van der Waals surface area contributed by atoms with Gasteiger partial charge < -0.3 is 4.90 Å². The van der Waals surface area contributed by atoms with Crippen molar-refractivity contribution in [2.45, 2.75) is 6.42 Å². The van der Waals surface area contributed by atoms with Gasteiger partial charge in [-0.25, -0.2) is 0 Å².